The number of benzene rings is 2. The highest BCUT2D eigenvalue weighted by Gasteiger charge is 2.21. The van der Waals surface area contributed by atoms with Gasteiger partial charge in [0, 0.05) is 19.0 Å². The Morgan fingerprint density at radius 2 is 1.87 bits per heavy atom. The number of hydrogen-bond acceptors (Lipinski definition) is 6. The van der Waals surface area contributed by atoms with E-state index in [4.69, 9.17) is 14.2 Å². The van der Waals surface area contributed by atoms with Gasteiger partial charge < -0.3 is 19.5 Å². The number of rotatable bonds is 10. The van der Waals surface area contributed by atoms with Crippen LogP contribution in [0.3, 0.4) is 0 Å². The Labute approximate surface area is 183 Å². The fourth-order valence-electron chi connectivity index (χ4n) is 3.33. The van der Waals surface area contributed by atoms with Gasteiger partial charge >= 0.3 is 0 Å². The van der Waals surface area contributed by atoms with Crippen molar-refractivity contribution < 1.29 is 27.4 Å². The van der Waals surface area contributed by atoms with E-state index in [0.717, 1.165) is 17.6 Å². The van der Waals surface area contributed by atoms with Gasteiger partial charge in [0.1, 0.15) is 5.75 Å². The summed E-state index contributed by atoms with van der Waals surface area (Å²) in [6.07, 6.45) is 1.73. The van der Waals surface area contributed by atoms with Crippen molar-refractivity contribution in [2.24, 2.45) is 0 Å². The lowest BCUT2D eigenvalue weighted by molar-refractivity contribution is -0.121. The van der Waals surface area contributed by atoms with E-state index in [9.17, 15) is 13.2 Å². The van der Waals surface area contributed by atoms with E-state index >= 15 is 0 Å². The molecule has 1 heterocycles. The van der Waals surface area contributed by atoms with Gasteiger partial charge in [-0.25, -0.2) is 8.42 Å². The first-order valence-corrected chi connectivity index (χ1v) is 12.0. The van der Waals surface area contributed by atoms with E-state index in [1.807, 2.05) is 38.1 Å². The minimum absolute atomic E-state index is 0.115. The van der Waals surface area contributed by atoms with Gasteiger partial charge in [0.05, 0.1) is 24.6 Å². The van der Waals surface area contributed by atoms with Gasteiger partial charge in [-0.15, -0.1) is 0 Å². The molecule has 9 heteroatoms. The lowest BCUT2D eigenvalue weighted by Crippen LogP contribution is -2.32. The van der Waals surface area contributed by atoms with E-state index < -0.39 is 10.0 Å². The number of ether oxygens (including phenoxy) is 3. The highest BCUT2D eigenvalue weighted by atomic mass is 32.2. The van der Waals surface area contributed by atoms with Gasteiger partial charge in [-0.2, -0.15) is 0 Å². The molecule has 1 aliphatic heterocycles. The highest BCUT2D eigenvalue weighted by molar-refractivity contribution is 7.92. The minimum Gasteiger partial charge on any atom is -0.494 e. The third-order valence-electron chi connectivity index (χ3n) is 4.88. The normalized spacial score (nSPS) is 13.5. The van der Waals surface area contributed by atoms with Crippen molar-refractivity contribution in [1.82, 2.24) is 5.32 Å². The molecule has 3 rings (SSSR count). The number of nitrogens with one attached hydrogen (secondary N) is 1. The second-order valence-electron chi connectivity index (χ2n) is 7.27. The van der Waals surface area contributed by atoms with Gasteiger partial charge in [-0.05, 0) is 50.1 Å². The summed E-state index contributed by atoms with van der Waals surface area (Å²) in [5.41, 5.74) is 1.45. The SMILES string of the molecule is CCOc1ccc([C@H](C)NC(=O)CCCN(c2ccc3c(c2)OCO3)S(C)(=O)=O)cc1. The number of amides is 1. The molecule has 0 unspecified atom stereocenters. The van der Waals surface area contributed by atoms with Crippen molar-refractivity contribution in [1.29, 1.82) is 0 Å². The summed E-state index contributed by atoms with van der Waals surface area (Å²) in [4.78, 5) is 12.4. The highest BCUT2D eigenvalue weighted by Crippen LogP contribution is 2.36. The molecule has 168 valence electrons. The smallest absolute Gasteiger partial charge is 0.232 e. The Balaban J connectivity index is 1.54. The van der Waals surface area contributed by atoms with Crippen molar-refractivity contribution >= 4 is 21.6 Å². The lowest BCUT2D eigenvalue weighted by atomic mass is 10.1. The number of sulfonamides is 1. The van der Waals surface area contributed by atoms with Crippen molar-refractivity contribution in [3.05, 3.63) is 48.0 Å². The van der Waals surface area contributed by atoms with Crippen molar-refractivity contribution in [3.63, 3.8) is 0 Å². The number of anilines is 1. The van der Waals surface area contributed by atoms with Gasteiger partial charge in [-0.3, -0.25) is 9.10 Å². The van der Waals surface area contributed by atoms with Crippen molar-refractivity contribution in [3.8, 4) is 17.2 Å². The predicted octanol–water partition coefficient (Wildman–Crippen LogP) is 3.24. The van der Waals surface area contributed by atoms with Crippen LogP contribution in [0.1, 0.15) is 38.3 Å². The van der Waals surface area contributed by atoms with Crippen molar-refractivity contribution in [2.45, 2.75) is 32.7 Å². The maximum atomic E-state index is 12.4. The molecule has 0 saturated carbocycles. The maximum absolute atomic E-state index is 12.4. The Morgan fingerprint density at radius 3 is 2.55 bits per heavy atom. The summed E-state index contributed by atoms with van der Waals surface area (Å²) >= 11 is 0. The van der Waals surface area contributed by atoms with Gasteiger partial charge in [0.15, 0.2) is 11.5 Å². The first-order chi connectivity index (χ1) is 14.8. The van der Waals surface area contributed by atoms with E-state index in [1.54, 1.807) is 18.2 Å². The molecule has 1 atom stereocenters. The molecule has 1 amide bonds. The Bertz CT molecular complexity index is 1010. The first kappa shape index (κ1) is 22.7. The number of nitrogens with zero attached hydrogens (tertiary/aromatic N) is 1. The molecule has 0 fully saturated rings. The Kier molecular flexibility index (Phi) is 7.27. The number of fused-ring (bicyclic) bond motifs is 1. The first-order valence-electron chi connectivity index (χ1n) is 10.2. The van der Waals surface area contributed by atoms with Gasteiger partial charge in [-0.1, -0.05) is 12.1 Å². The van der Waals surface area contributed by atoms with Crippen LogP contribution in [0.4, 0.5) is 5.69 Å². The van der Waals surface area contributed by atoms with Crippen LogP contribution in [0.25, 0.3) is 0 Å². The topological polar surface area (TPSA) is 94.2 Å². The second-order valence-corrected chi connectivity index (χ2v) is 9.17. The van der Waals surface area contributed by atoms with Crippen molar-refractivity contribution in [2.75, 3.05) is 30.5 Å². The zero-order chi connectivity index (χ0) is 22.4. The quantitative estimate of drug-likeness (QED) is 0.600. The third-order valence-corrected chi connectivity index (χ3v) is 6.07. The molecule has 0 spiro atoms. The summed E-state index contributed by atoms with van der Waals surface area (Å²) in [6, 6.07) is 12.4. The Hall–Kier alpha value is -2.94. The average Bonchev–Trinajstić information content (AvgIpc) is 3.19. The molecule has 0 aliphatic carbocycles. The van der Waals surface area contributed by atoms with E-state index in [-0.39, 0.29) is 31.7 Å². The van der Waals surface area contributed by atoms with Crippen LogP contribution in [0.5, 0.6) is 17.2 Å². The standard InChI is InChI=1S/C22H28N2O6S/c1-4-28-19-10-7-17(8-11-19)16(2)23-22(25)6-5-13-24(31(3,26)27)18-9-12-20-21(14-18)30-15-29-20/h7-12,14,16H,4-6,13,15H2,1-3H3,(H,23,25)/t16-/m0/s1. The van der Waals surface area contributed by atoms with Crippen LogP contribution in [0.2, 0.25) is 0 Å². The van der Waals surface area contributed by atoms with Crippen LogP contribution < -0.4 is 23.8 Å². The Morgan fingerprint density at radius 1 is 1.16 bits per heavy atom. The predicted molar refractivity (Wildman–Crippen MR) is 118 cm³/mol. The monoisotopic (exact) mass is 448 g/mol. The average molecular weight is 449 g/mol. The maximum Gasteiger partial charge on any atom is 0.232 e. The molecule has 1 N–H and O–H groups in total. The largest absolute Gasteiger partial charge is 0.494 e. The molecule has 31 heavy (non-hydrogen) atoms. The molecule has 0 radical (unpaired) electrons. The number of carbonyl (C=O) groups is 1. The third kappa shape index (κ3) is 6.04. The summed E-state index contributed by atoms with van der Waals surface area (Å²) in [7, 11) is -3.51. The molecule has 8 nitrogen and oxygen atoms in total. The van der Waals surface area contributed by atoms with Crippen LogP contribution >= 0.6 is 0 Å². The summed E-state index contributed by atoms with van der Waals surface area (Å²) in [5, 5.41) is 2.95. The molecule has 1 aliphatic rings. The van der Waals surface area contributed by atoms with E-state index in [1.165, 1.54) is 4.31 Å². The molecular formula is C22H28N2O6S. The summed E-state index contributed by atoms with van der Waals surface area (Å²) in [6.45, 7) is 4.73. The fraction of sp³-hybridized carbons (Fsp3) is 0.409. The summed E-state index contributed by atoms with van der Waals surface area (Å²) < 4.78 is 41.9. The minimum atomic E-state index is -3.51. The molecule has 0 aromatic heterocycles. The van der Waals surface area contributed by atoms with Crippen LogP contribution in [0, 0.1) is 0 Å². The molecule has 0 saturated heterocycles. The summed E-state index contributed by atoms with van der Waals surface area (Å²) in [5.74, 6) is 1.74. The van der Waals surface area contributed by atoms with Gasteiger partial charge in [0.2, 0.25) is 22.7 Å². The molecule has 2 aromatic carbocycles. The lowest BCUT2D eigenvalue weighted by Gasteiger charge is -2.23. The van der Waals surface area contributed by atoms with Crippen LogP contribution in [-0.4, -0.2) is 40.5 Å². The van der Waals surface area contributed by atoms with Crippen LogP contribution in [0.15, 0.2) is 42.5 Å². The van der Waals surface area contributed by atoms with Crippen LogP contribution in [-0.2, 0) is 14.8 Å². The zero-order valence-corrected chi connectivity index (χ0v) is 18.8. The fourth-order valence-corrected chi connectivity index (χ4v) is 4.28. The number of carbonyl (C=O) groups excluding carboxylic acids is 1. The second kappa shape index (κ2) is 9.91. The molecular weight excluding hydrogens is 420 g/mol. The number of hydrogen-bond donors (Lipinski definition) is 1. The zero-order valence-electron chi connectivity index (χ0n) is 18.0. The molecule has 2 aromatic rings. The van der Waals surface area contributed by atoms with Gasteiger partial charge in [0.25, 0.3) is 0 Å². The van der Waals surface area contributed by atoms with E-state index in [0.29, 0.717) is 30.2 Å². The van der Waals surface area contributed by atoms with E-state index in [2.05, 4.69) is 5.32 Å². The molecule has 0 bridgehead atoms.